The molecule has 0 spiro atoms. The lowest BCUT2D eigenvalue weighted by Crippen LogP contribution is -2.03. The van der Waals surface area contributed by atoms with Gasteiger partial charge >= 0.3 is 11.7 Å². The Morgan fingerprint density at radius 3 is 2.79 bits per heavy atom. The van der Waals surface area contributed by atoms with E-state index >= 15 is 0 Å². The van der Waals surface area contributed by atoms with Crippen molar-refractivity contribution in [1.82, 2.24) is 15.2 Å². The molecule has 2 aromatic heterocycles. The molecule has 0 unspecified atom stereocenters. The van der Waals surface area contributed by atoms with Crippen LogP contribution in [0.15, 0.2) is 21.6 Å². The third-order valence-corrected chi connectivity index (χ3v) is 3.81. The van der Waals surface area contributed by atoms with Gasteiger partial charge in [0.25, 0.3) is 0 Å². The Morgan fingerprint density at radius 1 is 1.53 bits per heavy atom. The molecular weight excluding hydrogens is 292 g/mol. The highest BCUT2D eigenvalue weighted by Gasteiger charge is 2.21. The van der Waals surface area contributed by atoms with Crippen LogP contribution in [0.1, 0.15) is 15.4 Å². The van der Waals surface area contributed by atoms with Crippen LogP contribution in [0, 0.1) is 17.0 Å². The third kappa shape index (κ3) is 3.03. The van der Waals surface area contributed by atoms with Crippen molar-refractivity contribution >= 4 is 34.8 Å². The minimum Gasteiger partial charge on any atom is -0.477 e. The molecule has 10 heteroatoms. The molecule has 1 N–H and O–H groups in total. The van der Waals surface area contributed by atoms with E-state index in [1.807, 2.05) is 0 Å². The van der Waals surface area contributed by atoms with E-state index in [0.29, 0.717) is 9.37 Å². The Morgan fingerprint density at radius 2 is 2.26 bits per heavy atom. The van der Waals surface area contributed by atoms with Gasteiger partial charge < -0.3 is 5.11 Å². The maximum atomic E-state index is 11.0. The Balaban J connectivity index is 2.35. The number of hydrogen-bond acceptors (Lipinski definition) is 8. The second kappa shape index (κ2) is 5.28. The number of nitro groups is 1. The maximum Gasteiger partial charge on any atom is 0.342 e. The summed E-state index contributed by atoms with van der Waals surface area (Å²) in [5.41, 5.74) is -0.936. The van der Waals surface area contributed by atoms with Gasteiger partial charge in [-0.15, -0.1) is 10.2 Å². The van der Waals surface area contributed by atoms with E-state index in [0.717, 1.165) is 29.0 Å². The topological polar surface area (TPSA) is 119 Å². The molecule has 0 atom stereocenters. The van der Waals surface area contributed by atoms with Gasteiger partial charge in [-0.2, -0.15) is 0 Å². The Kier molecular flexibility index (Phi) is 3.71. The number of carboxylic acid groups (broad SMARTS) is 1. The van der Waals surface area contributed by atoms with Gasteiger partial charge in [0.1, 0.15) is 21.8 Å². The summed E-state index contributed by atoms with van der Waals surface area (Å²) in [4.78, 5) is 24.7. The first-order valence-electron chi connectivity index (χ1n) is 4.83. The van der Waals surface area contributed by atoms with Crippen LogP contribution in [-0.4, -0.2) is 31.2 Å². The average Bonchev–Trinajstić information content (AvgIpc) is 2.74. The molecule has 2 aromatic rings. The van der Waals surface area contributed by atoms with Crippen molar-refractivity contribution in [3.63, 3.8) is 0 Å². The van der Waals surface area contributed by atoms with Crippen LogP contribution in [0.5, 0.6) is 0 Å². The molecule has 0 saturated carbocycles. The SMILES string of the molecule is Cc1nnc(Sc2cc(C(=O)O)c([N+](=O)[O-])cn2)s1. The number of carboxylic acids is 1. The lowest BCUT2D eigenvalue weighted by atomic mass is 10.2. The van der Waals surface area contributed by atoms with Crippen molar-refractivity contribution in [3.8, 4) is 0 Å². The Labute approximate surface area is 114 Å². The summed E-state index contributed by atoms with van der Waals surface area (Å²) in [6.07, 6.45) is 0.930. The molecule has 98 valence electrons. The van der Waals surface area contributed by atoms with Crippen molar-refractivity contribution in [1.29, 1.82) is 0 Å². The zero-order valence-corrected chi connectivity index (χ0v) is 11.1. The van der Waals surface area contributed by atoms with Gasteiger partial charge in [-0.3, -0.25) is 10.1 Å². The zero-order valence-electron chi connectivity index (χ0n) is 9.43. The standard InChI is InChI=1S/C9H6N4O4S2/c1-4-11-12-9(18-4)19-7-2-5(8(14)15)6(3-10-7)13(16)17/h2-3H,1H3,(H,14,15). The number of carbonyl (C=O) groups is 1. The van der Waals surface area contributed by atoms with Gasteiger partial charge in [-0.25, -0.2) is 9.78 Å². The predicted molar refractivity (Wildman–Crippen MR) is 66.6 cm³/mol. The van der Waals surface area contributed by atoms with E-state index in [9.17, 15) is 14.9 Å². The minimum atomic E-state index is -1.37. The van der Waals surface area contributed by atoms with Crippen LogP contribution in [0.25, 0.3) is 0 Å². The van der Waals surface area contributed by atoms with Crippen molar-refractivity contribution in [3.05, 3.63) is 32.9 Å². The van der Waals surface area contributed by atoms with E-state index in [1.54, 1.807) is 6.92 Å². The molecule has 2 rings (SSSR count). The van der Waals surface area contributed by atoms with Gasteiger partial charge in [-0.1, -0.05) is 11.3 Å². The first kappa shape index (κ1) is 13.4. The summed E-state index contributed by atoms with van der Waals surface area (Å²) < 4.78 is 0.593. The second-order valence-corrected chi connectivity index (χ2v) is 5.74. The van der Waals surface area contributed by atoms with Crippen LogP contribution >= 0.6 is 23.1 Å². The molecule has 0 radical (unpaired) electrons. The molecule has 0 amide bonds. The number of pyridine rings is 1. The molecular formula is C9H6N4O4S2. The summed E-state index contributed by atoms with van der Waals surface area (Å²) in [5, 5.41) is 28.4. The zero-order chi connectivity index (χ0) is 14.0. The summed E-state index contributed by atoms with van der Waals surface area (Å²) >= 11 is 2.44. The Bertz CT molecular complexity index is 657. The average molecular weight is 298 g/mol. The lowest BCUT2D eigenvalue weighted by Gasteiger charge is -2.00. The van der Waals surface area contributed by atoms with E-state index in [1.165, 1.54) is 11.3 Å². The summed E-state index contributed by atoms with van der Waals surface area (Å²) in [7, 11) is 0. The van der Waals surface area contributed by atoms with E-state index < -0.39 is 22.1 Å². The predicted octanol–water partition coefficient (Wildman–Crippen LogP) is 2.00. The van der Waals surface area contributed by atoms with Crippen LogP contribution in [0.2, 0.25) is 0 Å². The normalized spacial score (nSPS) is 10.4. The monoisotopic (exact) mass is 298 g/mol. The van der Waals surface area contributed by atoms with Crippen LogP contribution in [0.4, 0.5) is 5.69 Å². The first-order chi connectivity index (χ1) is 8.97. The molecule has 0 aliphatic rings. The molecule has 8 nitrogen and oxygen atoms in total. The number of nitrogens with zero attached hydrogens (tertiary/aromatic N) is 4. The van der Waals surface area contributed by atoms with Crippen LogP contribution in [-0.2, 0) is 0 Å². The molecule has 0 fully saturated rings. The van der Waals surface area contributed by atoms with Gasteiger partial charge in [0.15, 0.2) is 4.34 Å². The van der Waals surface area contributed by atoms with Crippen molar-refractivity contribution in [2.24, 2.45) is 0 Å². The molecule has 2 heterocycles. The smallest absolute Gasteiger partial charge is 0.342 e. The molecule has 0 saturated heterocycles. The van der Waals surface area contributed by atoms with Crippen molar-refractivity contribution < 1.29 is 14.8 Å². The molecule has 0 aliphatic heterocycles. The summed E-state index contributed by atoms with van der Waals surface area (Å²) in [5.74, 6) is -1.37. The highest BCUT2D eigenvalue weighted by Crippen LogP contribution is 2.30. The molecule has 0 bridgehead atoms. The minimum absolute atomic E-state index is 0.319. The quantitative estimate of drug-likeness (QED) is 0.672. The molecule has 19 heavy (non-hydrogen) atoms. The highest BCUT2D eigenvalue weighted by molar-refractivity contribution is 8.01. The van der Waals surface area contributed by atoms with Gasteiger partial charge in [0.05, 0.1) is 4.92 Å². The number of hydrogen-bond donors (Lipinski definition) is 1. The van der Waals surface area contributed by atoms with E-state index in [2.05, 4.69) is 15.2 Å². The number of aromatic nitrogens is 3. The Hall–Kier alpha value is -2.07. The van der Waals surface area contributed by atoms with Gasteiger partial charge in [0.2, 0.25) is 0 Å². The fraction of sp³-hybridized carbons (Fsp3) is 0.111. The van der Waals surface area contributed by atoms with Crippen molar-refractivity contribution in [2.45, 2.75) is 16.3 Å². The van der Waals surface area contributed by atoms with Crippen molar-refractivity contribution in [2.75, 3.05) is 0 Å². The molecule has 0 aliphatic carbocycles. The first-order valence-corrected chi connectivity index (χ1v) is 6.46. The second-order valence-electron chi connectivity index (χ2n) is 3.29. The largest absolute Gasteiger partial charge is 0.477 e. The fourth-order valence-electron chi connectivity index (χ4n) is 1.21. The van der Waals surface area contributed by atoms with Crippen LogP contribution < -0.4 is 0 Å². The lowest BCUT2D eigenvalue weighted by molar-refractivity contribution is -0.385. The number of rotatable bonds is 4. The highest BCUT2D eigenvalue weighted by atomic mass is 32.2. The fourth-order valence-corrected chi connectivity index (χ4v) is 2.95. The summed E-state index contributed by atoms with van der Waals surface area (Å²) in [6.45, 7) is 1.79. The van der Waals surface area contributed by atoms with Crippen LogP contribution in [0.3, 0.4) is 0 Å². The molecule has 0 aromatic carbocycles. The number of aryl methyl sites for hydroxylation is 1. The van der Waals surface area contributed by atoms with Gasteiger partial charge in [0, 0.05) is 0 Å². The third-order valence-electron chi connectivity index (χ3n) is 1.98. The van der Waals surface area contributed by atoms with E-state index in [4.69, 9.17) is 5.11 Å². The number of aromatic carboxylic acids is 1. The summed E-state index contributed by atoms with van der Waals surface area (Å²) in [6, 6.07) is 1.15. The van der Waals surface area contributed by atoms with Gasteiger partial charge in [-0.05, 0) is 24.8 Å². The van der Waals surface area contributed by atoms with E-state index in [-0.39, 0.29) is 0 Å². The maximum absolute atomic E-state index is 11.0.